The van der Waals surface area contributed by atoms with Gasteiger partial charge in [0.1, 0.15) is 0 Å². The van der Waals surface area contributed by atoms with E-state index in [4.69, 9.17) is 11.6 Å². The van der Waals surface area contributed by atoms with Gasteiger partial charge in [-0.05, 0) is 34.7 Å². The summed E-state index contributed by atoms with van der Waals surface area (Å²) in [5, 5.41) is 15.3. The number of nitrogens with zero attached hydrogens (tertiary/aromatic N) is 6. The monoisotopic (exact) mass is 348 g/mol. The number of fused-ring (bicyclic) bond motifs is 1. The second-order valence-corrected chi connectivity index (χ2v) is 6.72. The first-order chi connectivity index (χ1) is 10.8. The van der Waals surface area contributed by atoms with Crippen LogP contribution in [0.2, 0.25) is 5.02 Å². The molecule has 0 bridgehead atoms. The second-order valence-electron chi connectivity index (χ2n) is 4.46. The van der Waals surface area contributed by atoms with Gasteiger partial charge in [-0.3, -0.25) is 4.40 Å². The van der Waals surface area contributed by atoms with E-state index in [-0.39, 0.29) is 0 Å². The maximum Gasteiger partial charge on any atom is 0.214 e. The van der Waals surface area contributed by atoms with Crippen molar-refractivity contribution in [2.45, 2.75) is 10.9 Å². The molecular formula is C13H9ClN6S2. The molecule has 0 radical (unpaired) electrons. The maximum atomic E-state index is 5.91. The van der Waals surface area contributed by atoms with Crippen molar-refractivity contribution in [1.82, 2.24) is 29.6 Å². The average molecular weight is 349 g/mol. The molecule has 0 saturated carbocycles. The van der Waals surface area contributed by atoms with Crippen molar-refractivity contribution in [3.05, 3.63) is 52.8 Å². The van der Waals surface area contributed by atoms with Crippen molar-refractivity contribution in [3.63, 3.8) is 0 Å². The maximum absolute atomic E-state index is 5.91. The fourth-order valence-electron chi connectivity index (χ4n) is 2.00. The molecule has 0 atom stereocenters. The first-order valence-corrected chi connectivity index (χ1v) is 8.62. The second kappa shape index (κ2) is 5.71. The lowest BCUT2D eigenvalue weighted by Gasteiger charge is -2.03. The molecule has 0 saturated heterocycles. The summed E-state index contributed by atoms with van der Waals surface area (Å²) in [6.45, 7) is 0. The van der Waals surface area contributed by atoms with Crippen LogP contribution in [-0.2, 0) is 5.75 Å². The van der Waals surface area contributed by atoms with Crippen LogP contribution in [0.1, 0.15) is 5.69 Å². The Morgan fingerprint density at radius 1 is 1.23 bits per heavy atom. The average Bonchev–Trinajstić information content (AvgIpc) is 3.21. The molecule has 0 unspecified atom stereocenters. The first-order valence-electron chi connectivity index (χ1n) is 6.38. The van der Waals surface area contributed by atoms with Crippen LogP contribution in [-0.4, -0.2) is 29.6 Å². The minimum Gasteiger partial charge on any atom is -0.297 e. The van der Waals surface area contributed by atoms with Crippen LogP contribution in [0.25, 0.3) is 10.6 Å². The number of thioether (sulfide) groups is 1. The highest BCUT2D eigenvalue weighted by Gasteiger charge is 2.11. The molecule has 0 spiro atoms. The van der Waals surface area contributed by atoms with E-state index in [0.29, 0.717) is 10.8 Å². The van der Waals surface area contributed by atoms with Gasteiger partial charge >= 0.3 is 0 Å². The SMILES string of the molecule is Clc1ccc(-n2nnnc2SCc2cn3ccsc3n2)cc1. The first kappa shape index (κ1) is 13.7. The Kier molecular flexibility index (Phi) is 3.57. The molecule has 4 aromatic rings. The minimum atomic E-state index is 0.684. The van der Waals surface area contributed by atoms with Crippen molar-refractivity contribution >= 4 is 39.7 Å². The zero-order valence-electron chi connectivity index (χ0n) is 11.1. The molecule has 0 aliphatic rings. The molecule has 0 amide bonds. The Labute approximate surface area is 138 Å². The highest BCUT2D eigenvalue weighted by molar-refractivity contribution is 7.98. The molecule has 0 aliphatic carbocycles. The Morgan fingerprint density at radius 3 is 2.91 bits per heavy atom. The molecule has 3 heterocycles. The van der Waals surface area contributed by atoms with Gasteiger partial charge in [-0.15, -0.1) is 16.4 Å². The van der Waals surface area contributed by atoms with Crippen LogP contribution in [0.15, 0.2) is 47.2 Å². The molecule has 9 heteroatoms. The zero-order valence-corrected chi connectivity index (χ0v) is 13.5. The van der Waals surface area contributed by atoms with E-state index in [1.165, 1.54) is 0 Å². The third kappa shape index (κ3) is 2.60. The number of benzene rings is 1. The van der Waals surface area contributed by atoms with Gasteiger partial charge < -0.3 is 0 Å². The Morgan fingerprint density at radius 2 is 2.09 bits per heavy atom. The minimum absolute atomic E-state index is 0.684. The molecule has 1 aromatic carbocycles. The van der Waals surface area contributed by atoms with Gasteiger partial charge in [0, 0.05) is 28.5 Å². The van der Waals surface area contributed by atoms with Gasteiger partial charge in [-0.2, -0.15) is 4.68 Å². The van der Waals surface area contributed by atoms with Crippen LogP contribution in [0.5, 0.6) is 0 Å². The number of hydrogen-bond donors (Lipinski definition) is 0. The molecule has 3 aromatic heterocycles. The van der Waals surface area contributed by atoms with Gasteiger partial charge in [0.05, 0.1) is 11.4 Å². The van der Waals surface area contributed by atoms with Crippen molar-refractivity contribution in [2.75, 3.05) is 0 Å². The summed E-state index contributed by atoms with van der Waals surface area (Å²) in [6, 6.07) is 7.40. The molecule has 0 fully saturated rings. The number of aromatic nitrogens is 6. The highest BCUT2D eigenvalue weighted by atomic mass is 35.5. The van der Waals surface area contributed by atoms with Crippen LogP contribution in [0.4, 0.5) is 0 Å². The van der Waals surface area contributed by atoms with Crippen molar-refractivity contribution in [1.29, 1.82) is 0 Å². The summed E-state index contributed by atoms with van der Waals surface area (Å²) in [7, 11) is 0. The third-order valence-electron chi connectivity index (χ3n) is 3.00. The van der Waals surface area contributed by atoms with Crippen LogP contribution >= 0.6 is 34.7 Å². The lowest BCUT2D eigenvalue weighted by atomic mass is 10.3. The molecule has 22 heavy (non-hydrogen) atoms. The summed E-state index contributed by atoms with van der Waals surface area (Å²) in [5.74, 6) is 0.711. The number of thiazole rings is 1. The Bertz CT molecular complexity index is 882. The summed E-state index contributed by atoms with van der Waals surface area (Å²) < 4.78 is 3.71. The van der Waals surface area contributed by atoms with E-state index in [1.54, 1.807) is 27.8 Å². The number of rotatable bonds is 4. The van der Waals surface area contributed by atoms with Crippen molar-refractivity contribution in [3.8, 4) is 5.69 Å². The van der Waals surface area contributed by atoms with Crippen molar-refractivity contribution in [2.24, 2.45) is 0 Å². The van der Waals surface area contributed by atoms with Gasteiger partial charge in [-0.25, -0.2) is 4.98 Å². The summed E-state index contributed by atoms with van der Waals surface area (Å²) in [4.78, 5) is 5.54. The topological polar surface area (TPSA) is 60.9 Å². The standard InChI is InChI=1S/C13H9ClN6S2/c14-9-1-3-11(4-2-9)20-13(16-17-18-20)22-8-10-7-19-5-6-21-12(19)15-10/h1-7H,8H2. The van der Waals surface area contributed by atoms with Gasteiger partial charge in [0.15, 0.2) is 4.96 Å². The van der Waals surface area contributed by atoms with Crippen molar-refractivity contribution < 1.29 is 0 Å². The smallest absolute Gasteiger partial charge is 0.214 e. The Hall–Kier alpha value is -1.90. The largest absolute Gasteiger partial charge is 0.297 e. The van der Waals surface area contributed by atoms with E-state index in [2.05, 4.69) is 20.5 Å². The van der Waals surface area contributed by atoms with E-state index >= 15 is 0 Å². The lowest BCUT2D eigenvalue weighted by molar-refractivity contribution is 0.756. The zero-order chi connectivity index (χ0) is 14.9. The van der Waals surface area contributed by atoms with Gasteiger partial charge in [0.2, 0.25) is 5.16 Å². The molecule has 0 N–H and O–H groups in total. The fourth-order valence-corrected chi connectivity index (χ4v) is 3.62. The quantitative estimate of drug-likeness (QED) is 0.529. The van der Waals surface area contributed by atoms with E-state index in [1.807, 2.05) is 46.4 Å². The van der Waals surface area contributed by atoms with Gasteiger partial charge in [0.25, 0.3) is 0 Å². The highest BCUT2D eigenvalue weighted by Crippen LogP contribution is 2.23. The Balaban J connectivity index is 1.55. The summed E-state index contributed by atoms with van der Waals surface area (Å²) in [5.41, 5.74) is 1.88. The molecule has 4 rings (SSSR count). The van der Waals surface area contributed by atoms with Crippen LogP contribution < -0.4 is 0 Å². The fraction of sp³-hybridized carbons (Fsp3) is 0.0769. The number of hydrogen-bond acceptors (Lipinski definition) is 6. The summed E-state index contributed by atoms with van der Waals surface area (Å²) >= 11 is 9.07. The molecular weight excluding hydrogens is 340 g/mol. The van der Waals surface area contributed by atoms with E-state index < -0.39 is 0 Å². The summed E-state index contributed by atoms with van der Waals surface area (Å²) in [6.07, 6.45) is 4.02. The van der Waals surface area contributed by atoms with Gasteiger partial charge in [-0.1, -0.05) is 23.4 Å². The van der Waals surface area contributed by atoms with E-state index in [9.17, 15) is 0 Å². The van der Waals surface area contributed by atoms with Crippen LogP contribution in [0.3, 0.4) is 0 Å². The lowest BCUT2D eigenvalue weighted by Crippen LogP contribution is -1.98. The number of halogens is 1. The number of tetrazole rings is 1. The number of imidazole rings is 1. The van der Waals surface area contributed by atoms with E-state index in [0.717, 1.165) is 21.5 Å². The van der Waals surface area contributed by atoms with Crippen LogP contribution in [0, 0.1) is 0 Å². The predicted octanol–water partition coefficient (Wildman–Crippen LogP) is 3.32. The molecule has 110 valence electrons. The molecule has 6 nitrogen and oxygen atoms in total. The molecule has 0 aliphatic heterocycles. The predicted molar refractivity (Wildman–Crippen MR) is 86.8 cm³/mol. The third-order valence-corrected chi connectivity index (χ3v) is 4.98. The normalized spacial score (nSPS) is 11.3.